The Kier molecular flexibility index (Phi) is 3.94. The largest absolute Gasteiger partial charge is 0.492 e. The van der Waals surface area contributed by atoms with Crippen LogP contribution < -0.4 is 10.1 Å². The molecule has 1 saturated carbocycles. The van der Waals surface area contributed by atoms with Crippen LogP contribution in [0.3, 0.4) is 0 Å². The average molecular weight is 240 g/mol. The van der Waals surface area contributed by atoms with Gasteiger partial charge >= 0.3 is 0 Å². The molecule has 1 N–H and O–H groups in total. The topological polar surface area (TPSA) is 21.3 Å². The van der Waals surface area contributed by atoms with Crippen molar-refractivity contribution in [3.05, 3.63) is 23.2 Å². The standard InChI is InChI=1S/C13H18ClNO/c1-2-16-13-8-7-11(9-12(13)14)15-10-5-3-4-6-10/h7-10,15H,2-6H2,1H3. The summed E-state index contributed by atoms with van der Waals surface area (Å²) >= 11 is 6.13. The molecule has 1 fully saturated rings. The highest BCUT2D eigenvalue weighted by Crippen LogP contribution is 2.29. The Bertz CT molecular complexity index is 348. The molecule has 2 rings (SSSR count). The summed E-state index contributed by atoms with van der Waals surface area (Å²) in [5.74, 6) is 0.765. The molecule has 0 aromatic heterocycles. The van der Waals surface area contributed by atoms with Gasteiger partial charge in [-0.1, -0.05) is 24.4 Å². The average Bonchev–Trinajstić information content (AvgIpc) is 2.75. The Labute approximate surface area is 102 Å². The quantitative estimate of drug-likeness (QED) is 0.855. The molecular weight excluding hydrogens is 222 g/mol. The molecule has 1 aromatic carbocycles. The summed E-state index contributed by atoms with van der Waals surface area (Å²) < 4.78 is 5.40. The molecule has 88 valence electrons. The molecule has 0 atom stereocenters. The van der Waals surface area contributed by atoms with Crippen molar-refractivity contribution in [1.82, 2.24) is 0 Å². The van der Waals surface area contributed by atoms with E-state index in [0.717, 1.165) is 11.4 Å². The van der Waals surface area contributed by atoms with Crippen LogP contribution in [0.5, 0.6) is 5.75 Å². The minimum atomic E-state index is 0.619. The molecule has 0 heterocycles. The summed E-state index contributed by atoms with van der Waals surface area (Å²) in [5.41, 5.74) is 1.10. The molecule has 1 aliphatic rings. The van der Waals surface area contributed by atoms with E-state index in [2.05, 4.69) is 5.32 Å². The maximum Gasteiger partial charge on any atom is 0.138 e. The van der Waals surface area contributed by atoms with Gasteiger partial charge in [0, 0.05) is 11.7 Å². The fraction of sp³-hybridized carbons (Fsp3) is 0.538. The van der Waals surface area contributed by atoms with Gasteiger partial charge in [-0.15, -0.1) is 0 Å². The van der Waals surface area contributed by atoms with Gasteiger partial charge in [-0.25, -0.2) is 0 Å². The first-order chi connectivity index (χ1) is 7.79. The van der Waals surface area contributed by atoms with Gasteiger partial charge in [0.15, 0.2) is 0 Å². The van der Waals surface area contributed by atoms with Gasteiger partial charge in [0.05, 0.1) is 11.6 Å². The van der Waals surface area contributed by atoms with Crippen molar-refractivity contribution in [2.75, 3.05) is 11.9 Å². The number of anilines is 1. The highest BCUT2D eigenvalue weighted by Gasteiger charge is 2.14. The summed E-state index contributed by atoms with van der Waals surface area (Å²) in [6.45, 7) is 2.61. The third-order valence-corrected chi connectivity index (χ3v) is 3.25. The minimum absolute atomic E-state index is 0.619. The van der Waals surface area contributed by atoms with Crippen molar-refractivity contribution < 1.29 is 4.74 Å². The van der Waals surface area contributed by atoms with Crippen LogP contribution in [0.2, 0.25) is 5.02 Å². The first-order valence-corrected chi connectivity index (χ1v) is 6.36. The van der Waals surface area contributed by atoms with Crippen molar-refractivity contribution >= 4 is 17.3 Å². The van der Waals surface area contributed by atoms with Crippen LogP contribution in [0.4, 0.5) is 5.69 Å². The smallest absolute Gasteiger partial charge is 0.138 e. The lowest BCUT2D eigenvalue weighted by atomic mass is 10.2. The van der Waals surface area contributed by atoms with E-state index < -0.39 is 0 Å². The van der Waals surface area contributed by atoms with Gasteiger partial charge in [0.25, 0.3) is 0 Å². The Hall–Kier alpha value is -0.890. The molecule has 0 saturated heterocycles. The van der Waals surface area contributed by atoms with Gasteiger partial charge in [0.2, 0.25) is 0 Å². The number of halogens is 1. The van der Waals surface area contributed by atoms with E-state index in [1.54, 1.807) is 0 Å². The molecular formula is C13H18ClNO. The Morgan fingerprint density at radius 2 is 2.12 bits per heavy atom. The van der Waals surface area contributed by atoms with E-state index in [9.17, 15) is 0 Å². The van der Waals surface area contributed by atoms with Gasteiger partial charge in [-0.2, -0.15) is 0 Å². The number of benzene rings is 1. The number of hydrogen-bond donors (Lipinski definition) is 1. The van der Waals surface area contributed by atoms with Gasteiger partial charge < -0.3 is 10.1 Å². The highest BCUT2D eigenvalue weighted by atomic mass is 35.5. The van der Waals surface area contributed by atoms with Crippen molar-refractivity contribution in [2.45, 2.75) is 38.6 Å². The van der Waals surface area contributed by atoms with Crippen LogP contribution in [0, 0.1) is 0 Å². The van der Waals surface area contributed by atoms with Crippen molar-refractivity contribution in [3.63, 3.8) is 0 Å². The van der Waals surface area contributed by atoms with E-state index in [1.165, 1.54) is 25.7 Å². The zero-order valence-corrected chi connectivity index (χ0v) is 10.4. The summed E-state index contributed by atoms with van der Waals surface area (Å²) in [7, 11) is 0. The second-order valence-electron chi connectivity index (χ2n) is 4.20. The van der Waals surface area contributed by atoms with Gasteiger partial charge in [-0.05, 0) is 38.0 Å². The molecule has 0 aliphatic heterocycles. The highest BCUT2D eigenvalue weighted by molar-refractivity contribution is 6.32. The normalized spacial score (nSPS) is 16.4. The molecule has 16 heavy (non-hydrogen) atoms. The number of ether oxygens (including phenoxy) is 1. The first-order valence-electron chi connectivity index (χ1n) is 5.98. The Balaban J connectivity index is 2.02. The monoisotopic (exact) mass is 239 g/mol. The fourth-order valence-electron chi connectivity index (χ4n) is 2.17. The second kappa shape index (κ2) is 5.44. The maximum atomic E-state index is 6.13. The number of hydrogen-bond acceptors (Lipinski definition) is 2. The molecule has 1 aliphatic carbocycles. The molecule has 0 unspecified atom stereocenters. The van der Waals surface area contributed by atoms with Crippen LogP contribution in [0.25, 0.3) is 0 Å². The molecule has 0 bridgehead atoms. The van der Waals surface area contributed by atoms with Crippen molar-refractivity contribution in [1.29, 1.82) is 0 Å². The summed E-state index contributed by atoms with van der Waals surface area (Å²) in [6.07, 6.45) is 5.21. The van der Waals surface area contributed by atoms with Crippen LogP contribution in [-0.4, -0.2) is 12.6 Å². The lowest BCUT2D eigenvalue weighted by Crippen LogP contribution is -2.14. The van der Waals surface area contributed by atoms with E-state index in [0.29, 0.717) is 17.7 Å². The third-order valence-electron chi connectivity index (χ3n) is 2.96. The Morgan fingerprint density at radius 3 is 2.75 bits per heavy atom. The molecule has 1 aromatic rings. The first kappa shape index (κ1) is 11.6. The predicted octanol–water partition coefficient (Wildman–Crippen LogP) is 4.09. The molecule has 0 amide bonds. The summed E-state index contributed by atoms with van der Waals surface area (Å²) in [6, 6.07) is 6.54. The van der Waals surface area contributed by atoms with Crippen molar-refractivity contribution in [3.8, 4) is 5.75 Å². The number of nitrogens with one attached hydrogen (secondary N) is 1. The summed E-state index contributed by atoms with van der Waals surface area (Å²) in [5, 5.41) is 4.20. The molecule has 0 radical (unpaired) electrons. The third kappa shape index (κ3) is 2.82. The number of rotatable bonds is 4. The fourth-order valence-corrected chi connectivity index (χ4v) is 2.40. The summed E-state index contributed by atoms with van der Waals surface area (Å²) in [4.78, 5) is 0. The van der Waals surface area contributed by atoms with E-state index in [-0.39, 0.29) is 0 Å². The maximum absolute atomic E-state index is 6.13. The van der Waals surface area contributed by atoms with Crippen LogP contribution in [0.1, 0.15) is 32.6 Å². The zero-order chi connectivity index (χ0) is 11.4. The molecule has 3 heteroatoms. The SMILES string of the molecule is CCOc1ccc(NC2CCCC2)cc1Cl. The Morgan fingerprint density at radius 1 is 1.38 bits per heavy atom. The van der Waals surface area contributed by atoms with Gasteiger partial charge in [0.1, 0.15) is 5.75 Å². The predicted molar refractivity (Wildman–Crippen MR) is 68.5 cm³/mol. The van der Waals surface area contributed by atoms with Crippen molar-refractivity contribution in [2.24, 2.45) is 0 Å². The van der Waals surface area contributed by atoms with E-state index >= 15 is 0 Å². The van der Waals surface area contributed by atoms with Crippen LogP contribution in [-0.2, 0) is 0 Å². The van der Waals surface area contributed by atoms with Crippen LogP contribution >= 0.6 is 11.6 Å². The zero-order valence-electron chi connectivity index (χ0n) is 9.63. The lowest BCUT2D eigenvalue weighted by Gasteiger charge is -2.14. The van der Waals surface area contributed by atoms with E-state index in [1.807, 2.05) is 25.1 Å². The minimum Gasteiger partial charge on any atom is -0.492 e. The van der Waals surface area contributed by atoms with Gasteiger partial charge in [-0.3, -0.25) is 0 Å². The van der Waals surface area contributed by atoms with Crippen LogP contribution in [0.15, 0.2) is 18.2 Å². The molecule has 2 nitrogen and oxygen atoms in total. The molecule has 0 spiro atoms. The lowest BCUT2D eigenvalue weighted by molar-refractivity contribution is 0.340. The van der Waals surface area contributed by atoms with E-state index in [4.69, 9.17) is 16.3 Å². The second-order valence-corrected chi connectivity index (χ2v) is 4.61.